The first-order valence-corrected chi connectivity index (χ1v) is 14.1. The lowest BCUT2D eigenvalue weighted by molar-refractivity contribution is -0.129. The van der Waals surface area contributed by atoms with Crippen molar-refractivity contribution in [2.45, 2.75) is 130 Å². The van der Waals surface area contributed by atoms with Crippen LogP contribution in [0.4, 0.5) is 0 Å². The van der Waals surface area contributed by atoms with E-state index in [0.717, 1.165) is 35.1 Å². The van der Waals surface area contributed by atoms with E-state index in [1.165, 1.54) is 17.2 Å². The summed E-state index contributed by atoms with van der Waals surface area (Å²) in [5.41, 5.74) is 5.46. The zero-order valence-electron chi connectivity index (χ0n) is 26.3. The predicted molar refractivity (Wildman–Crippen MR) is 162 cm³/mol. The Labute approximate surface area is 232 Å². The van der Waals surface area contributed by atoms with Gasteiger partial charge in [-0.05, 0) is 45.6 Å². The lowest BCUT2D eigenvalue weighted by Gasteiger charge is -2.33. The van der Waals surface area contributed by atoms with Crippen LogP contribution >= 0.6 is 0 Å². The van der Waals surface area contributed by atoms with Crippen LogP contribution in [0, 0.1) is 0 Å². The van der Waals surface area contributed by atoms with E-state index in [2.05, 4.69) is 121 Å². The van der Waals surface area contributed by atoms with Crippen LogP contribution < -0.4 is 4.74 Å². The van der Waals surface area contributed by atoms with Crippen molar-refractivity contribution >= 4 is 5.97 Å². The van der Waals surface area contributed by atoms with Crippen LogP contribution in [-0.2, 0) is 26.5 Å². The van der Waals surface area contributed by atoms with E-state index in [9.17, 15) is 9.90 Å². The fourth-order valence-corrected chi connectivity index (χ4v) is 4.67. The number of phenols is 1. The molecule has 0 aromatic heterocycles. The van der Waals surface area contributed by atoms with E-state index in [0.29, 0.717) is 11.5 Å². The van der Waals surface area contributed by atoms with Gasteiger partial charge in [0.15, 0.2) is 0 Å². The van der Waals surface area contributed by atoms with E-state index in [1.807, 2.05) is 0 Å². The molecule has 0 aliphatic carbocycles. The average molecular weight is 521 g/mol. The number of esters is 1. The number of benzene rings is 2. The molecule has 3 heteroatoms. The normalized spacial score (nSPS) is 13.8. The van der Waals surface area contributed by atoms with Crippen molar-refractivity contribution in [3.63, 3.8) is 0 Å². The Morgan fingerprint density at radius 1 is 0.816 bits per heavy atom. The number of rotatable bonds is 8. The molecule has 2 rings (SSSR count). The second-order valence-electron chi connectivity index (χ2n) is 14.2. The summed E-state index contributed by atoms with van der Waals surface area (Å²) in [5.74, 6) is 0.202. The lowest BCUT2D eigenvalue weighted by atomic mass is 9.72. The minimum atomic E-state index is -0.481. The molecule has 0 spiro atoms. The summed E-state index contributed by atoms with van der Waals surface area (Å²) in [5, 5.41) is 11.8. The first-order valence-electron chi connectivity index (χ1n) is 14.1. The molecule has 3 nitrogen and oxygen atoms in total. The van der Waals surface area contributed by atoms with Gasteiger partial charge in [-0.1, -0.05) is 121 Å². The van der Waals surface area contributed by atoms with Gasteiger partial charge in [-0.2, -0.15) is 0 Å². The van der Waals surface area contributed by atoms with Gasteiger partial charge < -0.3 is 9.84 Å². The van der Waals surface area contributed by atoms with Gasteiger partial charge >= 0.3 is 5.97 Å². The quantitative estimate of drug-likeness (QED) is 0.214. The Balaban J connectivity index is 3.05. The highest BCUT2D eigenvalue weighted by Crippen LogP contribution is 2.48. The Morgan fingerprint density at radius 2 is 1.32 bits per heavy atom. The summed E-state index contributed by atoms with van der Waals surface area (Å²) in [7, 11) is 0. The number of carbonyl (C=O) groups excluding carboxylic acids is 1. The summed E-state index contributed by atoms with van der Waals surface area (Å²) >= 11 is 0. The smallest absolute Gasteiger partial charge is 0.335 e. The molecular formula is C35H52O3. The summed E-state index contributed by atoms with van der Waals surface area (Å²) in [6, 6.07) is 8.69. The highest BCUT2D eigenvalue weighted by Gasteiger charge is 2.33. The van der Waals surface area contributed by atoms with Crippen molar-refractivity contribution in [1.29, 1.82) is 0 Å². The first kappa shape index (κ1) is 31.7. The van der Waals surface area contributed by atoms with Crippen LogP contribution in [0.1, 0.15) is 142 Å². The Hall–Kier alpha value is -2.55. The van der Waals surface area contributed by atoms with Crippen LogP contribution in [0.2, 0.25) is 0 Å². The van der Waals surface area contributed by atoms with Gasteiger partial charge in [0.05, 0.1) is 0 Å². The van der Waals surface area contributed by atoms with Crippen molar-refractivity contribution in [2.24, 2.45) is 0 Å². The van der Waals surface area contributed by atoms with Gasteiger partial charge in [0, 0.05) is 34.2 Å². The molecule has 210 valence electrons. The summed E-state index contributed by atoms with van der Waals surface area (Å²) in [6.45, 7) is 32.0. The van der Waals surface area contributed by atoms with E-state index in [1.54, 1.807) is 0 Å². The number of aromatic hydroxyl groups is 1. The molecule has 0 heterocycles. The van der Waals surface area contributed by atoms with Gasteiger partial charge in [-0.15, -0.1) is 0 Å². The predicted octanol–water partition coefficient (Wildman–Crippen LogP) is 9.61. The maximum Gasteiger partial charge on any atom is 0.335 e. The molecule has 1 unspecified atom stereocenters. The van der Waals surface area contributed by atoms with Gasteiger partial charge in [-0.25, -0.2) is 4.79 Å². The third-order valence-corrected chi connectivity index (χ3v) is 8.51. The first-order chi connectivity index (χ1) is 17.2. The summed E-state index contributed by atoms with van der Waals surface area (Å²) in [6.07, 6.45) is 3.09. The lowest BCUT2D eigenvalue weighted by Crippen LogP contribution is -2.23. The van der Waals surface area contributed by atoms with E-state index >= 15 is 0 Å². The molecule has 0 fully saturated rings. The second-order valence-corrected chi connectivity index (χ2v) is 14.2. The van der Waals surface area contributed by atoms with Crippen LogP contribution in [0.25, 0.3) is 0 Å². The maximum absolute atomic E-state index is 12.6. The molecule has 38 heavy (non-hydrogen) atoms. The molecule has 0 amide bonds. The molecule has 0 saturated heterocycles. The van der Waals surface area contributed by atoms with Gasteiger partial charge in [0.25, 0.3) is 0 Å². The van der Waals surface area contributed by atoms with Crippen molar-refractivity contribution in [2.75, 3.05) is 0 Å². The number of phenolic OH excluding ortho intramolecular Hbond substituents is 1. The molecule has 1 N–H and O–H groups in total. The van der Waals surface area contributed by atoms with Gasteiger partial charge in [0.2, 0.25) is 0 Å². The largest absolute Gasteiger partial charge is 0.507 e. The fraction of sp³-hybridized carbons (Fsp3) is 0.571. The Morgan fingerprint density at radius 3 is 1.76 bits per heavy atom. The van der Waals surface area contributed by atoms with E-state index in [4.69, 9.17) is 4.74 Å². The zero-order valence-corrected chi connectivity index (χ0v) is 26.3. The second kappa shape index (κ2) is 10.9. The van der Waals surface area contributed by atoms with Crippen LogP contribution in [0.5, 0.6) is 11.5 Å². The van der Waals surface area contributed by atoms with Crippen LogP contribution in [0.3, 0.4) is 0 Å². The van der Waals surface area contributed by atoms with Crippen molar-refractivity contribution < 1.29 is 14.6 Å². The van der Waals surface area contributed by atoms with Crippen LogP contribution in [-0.4, -0.2) is 11.1 Å². The maximum atomic E-state index is 12.6. The number of hydrogen-bond acceptors (Lipinski definition) is 3. The van der Waals surface area contributed by atoms with Gasteiger partial charge in [-0.3, -0.25) is 0 Å². The third-order valence-electron chi connectivity index (χ3n) is 8.51. The molecule has 0 saturated carbocycles. The highest BCUT2D eigenvalue weighted by molar-refractivity contribution is 5.84. The molecule has 0 aliphatic heterocycles. The minimum Gasteiger partial charge on any atom is -0.507 e. The molecule has 2 aromatic carbocycles. The monoisotopic (exact) mass is 520 g/mol. The number of ether oxygens (including phenoxy) is 1. The highest BCUT2D eigenvalue weighted by atomic mass is 16.5. The minimum absolute atomic E-state index is 0.0529. The Kier molecular flexibility index (Phi) is 9.09. The van der Waals surface area contributed by atoms with Crippen LogP contribution in [0.15, 0.2) is 36.9 Å². The Bertz CT molecular complexity index is 1180. The van der Waals surface area contributed by atoms with Crippen molar-refractivity contribution in [1.82, 2.24) is 0 Å². The summed E-state index contributed by atoms with van der Waals surface area (Å²) < 4.78 is 6.00. The SMILES string of the molecule is C=CC(=O)Oc1c(C(C)c2cc(C(C)(C)CC)cc(C(C)(C)CC)c2O)cc(C(C)(C)C)cc1C(C)(C)C. The number of carbonyl (C=O) groups is 1. The van der Waals surface area contributed by atoms with Gasteiger partial charge in [0.1, 0.15) is 11.5 Å². The third kappa shape index (κ3) is 6.53. The molecular weight excluding hydrogens is 468 g/mol. The van der Waals surface area contributed by atoms with E-state index < -0.39 is 5.97 Å². The van der Waals surface area contributed by atoms with E-state index in [-0.39, 0.29) is 27.6 Å². The van der Waals surface area contributed by atoms with Crippen molar-refractivity contribution in [3.8, 4) is 11.5 Å². The molecule has 0 aliphatic rings. The van der Waals surface area contributed by atoms with Crippen molar-refractivity contribution in [3.05, 3.63) is 70.3 Å². The number of hydrogen-bond donors (Lipinski definition) is 1. The average Bonchev–Trinajstić information content (AvgIpc) is 2.81. The zero-order chi connectivity index (χ0) is 29.4. The molecule has 0 radical (unpaired) electrons. The molecule has 2 aromatic rings. The topological polar surface area (TPSA) is 46.5 Å². The molecule has 0 bridgehead atoms. The standard InChI is InChI=1S/C35H52O3/c1-15-29(36)38-31-26(18-23(32(5,6)7)20-28(31)33(8,9)10)22(4)25-19-24(34(11,12)16-2)21-27(30(25)37)35(13,14)17-3/h15,18-22,37H,1,16-17H2,2-14H3. The summed E-state index contributed by atoms with van der Waals surface area (Å²) in [4.78, 5) is 12.6. The fourth-order valence-electron chi connectivity index (χ4n) is 4.67. The molecule has 1 atom stereocenters.